The van der Waals surface area contributed by atoms with Crippen LogP contribution in [0.5, 0.6) is 11.5 Å². The molecule has 10 heteroatoms. The van der Waals surface area contributed by atoms with Crippen molar-refractivity contribution in [1.82, 2.24) is 9.91 Å². The minimum Gasteiger partial charge on any atom is -0.493 e. The second-order valence-corrected chi connectivity index (χ2v) is 10.4. The van der Waals surface area contributed by atoms with E-state index in [2.05, 4.69) is 10.1 Å². The van der Waals surface area contributed by atoms with Crippen molar-refractivity contribution < 1.29 is 19.1 Å². The van der Waals surface area contributed by atoms with Crippen LogP contribution in [0.1, 0.15) is 42.4 Å². The topological polar surface area (TPSA) is 108 Å². The second-order valence-electron chi connectivity index (χ2n) is 9.32. The molecule has 0 spiro atoms. The number of amidine groups is 2. The molecule has 0 aromatic heterocycles. The Morgan fingerprint density at radius 1 is 1.11 bits per heavy atom. The van der Waals surface area contributed by atoms with Gasteiger partial charge in [-0.15, -0.1) is 0 Å². The zero-order valence-electron chi connectivity index (χ0n) is 21.4. The van der Waals surface area contributed by atoms with Gasteiger partial charge in [0.2, 0.25) is 11.1 Å². The first-order chi connectivity index (χ1) is 18.4. The molecule has 3 aliphatic heterocycles. The van der Waals surface area contributed by atoms with Crippen molar-refractivity contribution >= 4 is 45.7 Å². The number of rotatable bonds is 7. The van der Waals surface area contributed by atoms with E-state index in [1.165, 1.54) is 22.3 Å². The van der Waals surface area contributed by atoms with E-state index in [0.29, 0.717) is 33.9 Å². The number of hydrogen-bond acceptors (Lipinski definition) is 7. The average molecular weight is 532 g/mol. The quantitative estimate of drug-likeness (QED) is 0.523. The number of hydrogen-bond donors (Lipinski definition) is 1. The number of nitrogens with one attached hydrogen (secondary N) is 1. The Bertz CT molecular complexity index is 1360. The molecule has 38 heavy (non-hydrogen) atoms. The summed E-state index contributed by atoms with van der Waals surface area (Å²) in [6.07, 6.45) is 4.91. The van der Waals surface area contributed by atoms with Crippen LogP contribution < -0.4 is 9.47 Å². The molecule has 3 heterocycles. The van der Waals surface area contributed by atoms with E-state index >= 15 is 0 Å². The molecule has 5 rings (SSSR count). The van der Waals surface area contributed by atoms with Crippen molar-refractivity contribution in [2.45, 2.75) is 39.2 Å². The Kier molecular flexibility index (Phi) is 7.59. The predicted molar refractivity (Wildman–Crippen MR) is 149 cm³/mol. The summed E-state index contributed by atoms with van der Waals surface area (Å²) in [7, 11) is 1.55. The molecule has 0 aliphatic carbocycles. The number of likely N-dealkylation sites (tertiary alicyclic amines) is 1. The van der Waals surface area contributed by atoms with Crippen LogP contribution in [0, 0.1) is 12.3 Å². The van der Waals surface area contributed by atoms with Crippen LogP contribution in [0.2, 0.25) is 0 Å². The van der Waals surface area contributed by atoms with Gasteiger partial charge in [-0.05, 0) is 67.3 Å². The standard InChI is InChI=1S/C28H29N5O4S/c1-18-6-8-19(9-7-18)17-37-22-11-10-20(15-23(22)36-2)14-21-26(29)33-28(30-27(21)35)38-24(31-33)16-25(34)32-12-4-3-5-13-32/h6-11,14-15,29H,3-5,12-13,16-17H2,1-2H3/b21-14-,29-26?. The number of thioether (sulfide) groups is 1. The van der Waals surface area contributed by atoms with Gasteiger partial charge in [-0.25, -0.2) is 0 Å². The molecule has 0 bridgehead atoms. The lowest BCUT2D eigenvalue weighted by Gasteiger charge is -2.26. The van der Waals surface area contributed by atoms with Gasteiger partial charge in [-0.3, -0.25) is 15.0 Å². The molecule has 0 saturated carbocycles. The number of benzene rings is 2. The summed E-state index contributed by atoms with van der Waals surface area (Å²) in [6.45, 7) is 3.96. The molecule has 0 atom stereocenters. The minimum absolute atomic E-state index is 0.0156. The van der Waals surface area contributed by atoms with E-state index in [1.54, 1.807) is 31.4 Å². The number of aryl methyl sites for hydroxylation is 1. The van der Waals surface area contributed by atoms with E-state index in [9.17, 15) is 9.59 Å². The summed E-state index contributed by atoms with van der Waals surface area (Å²) in [5.74, 6) is 0.502. The molecule has 0 unspecified atom stereocenters. The van der Waals surface area contributed by atoms with E-state index in [4.69, 9.17) is 14.9 Å². The highest BCUT2D eigenvalue weighted by Crippen LogP contribution is 2.32. The number of fused-ring (bicyclic) bond motifs is 1. The molecule has 1 fully saturated rings. The third-order valence-electron chi connectivity index (χ3n) is 6.52. The number of carbonyl (C=O) groups is 2. The van der Waals surface area contributed by atoms with Crippen LogP contribution in [0.15, 0.2) is 58.1 Å². The molecular weight excluding hydrogens is 502 g/mol. The molecule has 196 valence electrons. The number of hydrazone groups is 1. The van der Waals surface area contributed by atoms with Gasteiger partial charge in [0, 0.05) is 13.1 Å². The van der Waals surface area contributed by atoms with E-state index in [0.717, 1.165) is 37.9 Å². The van der Waals surface area contributed by atoms with Crippen LogP contribution in [0.4, 0.5) is 0 Å². The highest BCUT2D eigenvalue weighted by molar-refractivity contribution is 8.27. The largest absolute Gasteiger partial charge is 0.493 e. The third kappa shape index (κ3) is 5.65. The first kappa shape index (κ1) is 25.7. The van der Waals surface area contributed by atoms with Gasteiger partial charge >= 0.3 is 0 Å². The smallest absolute Gasteiger partial charge is 0.283 e. The molecule has 1 saturated heterocycles. The maximum atomic E-state index is 12.8. The molecule has 9 nitrogen and oxygen atoms in total. The van der Waals surface area contributed by atoms with Crippen molar-refractivity contribution in [1.29, 1.82) is 5.41 Å². The number of ether oxygens (including phenoxy) is 2. The molecular formula is C28H29N5O4S. The van der Waals surface area contributed by atoms with Crippen molar-refractivity contribution in [2.24, 2.45) is 10.1 Å². The lowest BCUT2D eigenvalue weighted by atomic mass is 10.1. The Hall–Kier alpha value is -3.92. The number of piperidine rings is 1. The highest BCUT2D eigenvalue weighted by Gasteiger charge is 2.36. The van der Waals surface area contributed by atoms with Crippen LogP contribution in [-0.4, -0.2) is 58.0 Å². The van der Waals surface area contributed by atoms with Crippen LogP contribution >= 0.6 is 11.8 Å². The average Bonchev–Trinajstić information content (AvgIpc) is 3.33. The molecule has 0 radical (unpaired) electrons. The summed E-state index contributed by atoms with van der Waals surface area (Å²) < 4.78 is 11.5. The number of amides is 2. The van der Waals surface area contributed by atoms with Gasteiger partial charge in [-0.2, -0.15) is 15.1 Å². The van der Waals surface area contributed by atoms with Gasteiger partial charge in [0.05, 0.1) is 19.1 Å². The molecule has 2 aromatic carbocycles. The van der Waals surface area contributed by atoms with E-state index in [1.807, 2.05) is 36.1 Å². The lowest BCUT2D eigenvalue weighted by molar-refractivity contribution is -0.130. The zero-order chi connectivity index (χ0) is 26.6. The third-order valence-corrected chi connectivity index (χ3v) is 7.43. The maximum absolute atomic E-state index is 12.8. The molecule has 3 aliphatic rings. The molecule has 1 N–H and O–H groups in total. The Morgan fingerprint density at radius 2 is 1.87 bits per heavy atom. The summed E-state index contributed by atoms with van der Waals surface area (Å²) in [5.41, 5.74) is 2.99. The monoisotopic (exact) mass is 531 g/mol. The Morgan fingerprint density at radius 3 is 2.61 bits per heavy atom. The summed E-state index contributed by atoms with van der Waals surface area (Å²) in [4.78, 5) is 31.5. The number of nitrogens with zero attached hydrogens (tertiary/aromatic N) is 4. The predicted octanol–water partition coefficient (Wildman–Crippen LogP) is 4.60. The fraction of sp³-hybridized carbons (Fsp3) is 0.321. The van der Waals surface area contributed by atoms with Crippen molar-refractivity contribution in [2.75, 3.05) is 20.2 Å². The van der Waals surface area contributed by atoms with Gasteiger partial charge in [0.25, 0.3) is 5.91 Å². The Balaban J connectivity index is 1.29. The van der Waals surface area contributed by atoms with Crippen molar-refractivity contribution in [3.63, 3.8) is 0 Å². The number of methoxy groups -OCH3 is 1. The summed E-state index contributed by atoms with van der Waals surface area (Å²) >= 11 is 1.17. The Labute approximate surface area is 225 Å². The highest BCUT2D eigenvalue weighted by atomic mass is 32.2. The first-order valence-electron chi connectivity index (χ1n) is 12.5. The van der Waals surface area contributed by atoms with Crippen LogP contribution in [0.25, 0.3) is 6.08 Å². The maximum Gasteiger partial charge on any atom is 0.283 e. The fourth-order valence-corrected chi connectivity index (χ4v) is 5.27. The van der Waals surface area contributed by atoms with Crippen molar-refractivity contribution in [3.05, 3.63) is 64.7 Å². The molecule has 2 aromatic rings. The number of carbonyl (C=O) groups excluding carboxylic acids is 2. The summed E-state index contributed by atoms with van der Waals surface area (Å²) in [5, 5.41) is 15.2. The summed E-state index contributed by atoms with van der Waals surface area (Å²) in [6, 6.07) is 13.4. The van der Waals surface area contributed by atoms with E-state index < -0.39 is 5.91 Å². The fourth-order valence-electron chi connectivity index (χ4n) is 4.39. The normalized spacial score (nSPS) is 18.3. The van der Waals surface area contributed by atoms with Gasteiger partial charge in [0.1, 0.15) is 11.7 Å². The first-order valence-corrected chi connectivity index (χ1v) is 13.4. The van der Waals surface area contributed by atoms with Gasteiger partial charge < -0.3 is 14.4 Å². The van der Waals surface area contributed by atoms with Gasteiger partial charge in [0.15, 0.2) is 17.3 Å². The van der Waals surface area contributed by atoms with Gasteiger partial charge in [-0.1, -0.05) is 35.9 Å². The second kappa shape index (κ2) is 11.2. The van der Waals surface area contributed by atoms with Crippen LogP contribution in [0.3, 0.4) is 0 Å². The minimum atomic E-state index is -0.522. The number of aliphatic imine (C=N–C) groups is 1. The molecule has 2 amide bonds. The van der Waals surface area contributed by atoms with Crippen LogP contribution in [-0.2, 0) is 16.2 Å². The lowest BCUT2D eigenvalue weighted by Crippen LogP contribution is -2.36. The SMILES string of the molecule is COc1cc(/C=C2/C(=N)N3N=C(CC(=O)N4CCCCC4)SC3=NC2=O)ccc1OCc1ccc(C)cc1. The zero-order valence-corrected chi connectivity index (χ0v) is 22.2. The van der Waals surface area contributed by atoms with E-state index in [-0.39, 0.29) is 23.7 Å². The van der Waals surface area contributed by atoms with Crippen molar-refractivity contribution in [3.8, 4) is 11.5 Å².